The molecule has 0 saturated carbocycles. The molecule has 0 spiro atoms. The summed E-state index contributed by atoms with van der Waals surface area (Å²) in [6, 6.07) is 15.1. The van der Waals surface area contributed by atoms with Crippen LogP contribution in [0.15, 0.2) is 54.6 Å². The zero-order chi connectivity index (χ0) is 10.7. The van der Waals surface area contributed by atoms with Crippen LogP contribution < -0.4 is 5.11 Å². The molecule has 0 N–H and O–H groups in total. The number of carbonyl (C=O) groups is 1. The van der Waals surface area contributed by atoms with E-state index in [1.807, 2.05) is 6.07 Å². The van der Waals surface area contributed by atoms with Crippen molar-refractivity contribution in [2.24, 2.45) is 0 Å². The zero-order valence-corrected chi connectivity index (χ0v) is 8.01. The van der Waals surface area contributed by atoms with Gasteiger partial charge in [0.25, 0.3) is 0 Å². The second kappa shape index (κ2) is 3.96. The van der Waals surface area contributed by atoms with Crippen molar-refractivity contribution in [1.29, 1.82) is 0 Å². The van der Waals surface area contributed by atoms with Gasteiger partial charge in [-0.15, -0.1) is 0 Å². The lowest BCUT2D eigenvalue weighted by molar-refractivity contribution is -0.268. The van der Waals surface area contributed by atoms with Crippen LogP contribution in [0.5, 0.6) is 5.75 Å². The van der Waals surface area contributed by atoms with E-state index in [-0.39, 0.29) is 17.1 Å². The summed E-state index contributed by atoms with van der Waals surface area (Å²) in [5, 5.41) is 11.4. The van der Waals surface area contributed by atoms with Crippen LogP contribution in [-0.4, -0.2) is 5.78 Å². The van der Waals surface area contributed by atoms with Crippen molar-refractivity contribution in [2.45, 2.75) is 0 Å². The lowest BCUT2D eigenvalue weighted by atomic mass is 10.0. The summed E-state index contributed by atoms with van der Waals surface area (Å²) in [4.78, 5) is 11.9. The van der Waals surface area contributed by atoms with E-state index in [0.29, 0.717) is 5.56 Å². The topological polar surface area (TPSA) is 40.1 Å². The highest BCUT2D eigenvalue weighted by Gasteiger charge is 2.07. The van der Waals surface area contributed by atoms with E-state index in [1.54, 1.807) is 42.5 Å². The van der Waals surface area contributed by atoms with Gasteiger partial charge in [-0.25, -0.2) is 0 Å². The van der Waals surface area contributed by atoms with Crippen LogP contribution in [0.3, 0.4) is 0 Å². The first-order valence-corrected chi connectivity index (χ1v) is 4.65. The summed E-state index contributed by atoms with van der Waals surface area (Å²) in [5.74, 6) is -0.451. The molecule has 0 fully saturated rings. The van der Waals surface area contributed by atoms with Gasteiger partial charge in [-0.1, -0.05) is 60.3 Å². The molecule has 2 rings (SSSR count). The van der Waals surface area contributed by atoms with Gasteiger partial charge < -0.3 is 5.11 Å². The van der Waals surface area contributed by atoms with Crippen LogP contribution in [-0.2, 0) is 0 Å². The van der Waals surface area contributed by atoms with Gasteiger partial charge in [0.1, 0.15) is 0 Å². The van der Waals surface area contributed by atoms with Crippen LogP contribution in [0.1, 0.15) is 15.9 Å². The third-order valence-corrected chi connectivity index (χ3v) is 2.17. The summed E-state index contributed by atoms with van der Waals surface area (Å²) in [6.07, 6.45) is 0. The predicted octanol–water partition coefficient (Wildman–Crippen LogP) is 1.99. The molecule has 0 heterocycles. The van der Waals surface area contributed by atoms with Crippen LogP contribution in [0.25, 0.3) is 0 Å². The third-order valence-electron chi connectivity index (χ3n) is 2.17. The minimum absolute atomic E-state index is 0.221. The first kappa shape index (κ1) is 9.46. The fourth-order valence-corrected chi connectivity index (χ4v) is 1.40. The Kier molecular flexibility index (Phi) is 2.50. The minimum Gasteiger partial charge on any atom is -0.872 e. The Morgan fingerprint density at radius 3 is 2.13 bits per heavy atom. The maximum Gasteiger partial charge on any atom is 0.192 e. The Labute approximate surface area is 87.8 Å². The van der Waals surface area contributed by atoms with E-state index in [4.69, 9.17) is 0 Å². The lowest BCUT2D eigenvalue weighted by Gasteiger charge is -2.11. The van der Waals surface area contributed by atoms with E-state index < -0.39 is 0 Å². The van der Waals surface area contributed by atoms with Crippen molar-refractivity contribution in [3.8, 4) is 5.75 Å². The van der Waals surface area contributed by atoms with E-state index in [0.717, 1.165) is 0 Å². The van der Waals surface area contributed by atoms with Crippen LogP contribution in [0.4, 0.5) is 0 Å². The molecule has 2 heteroatoms. The predicted molar refractivity (Wildman–Crippen MR) is 55.8 cm³/mol. The van der Waals surface area contributed by atoms with Crippen LogP contribution in [0.2, 0.25) is 0 Å². The zero-order valence-electron chi connectivity index (χ0n) is 8.01. The van der Waals surface area contributed by atoms with Gasteiger partial charge in [-0.2, -0.15) is 0 Å². The summed E-state index contributed by atoms with van der Waals surface area (Å²) in [6.45, 7) is 0. The highest BCUT2D eigenvalue weighted by molar-refractivity contribution is 6.10. The molecule has 0 aliphatic rings. The standard InChI is InChI=1S/C13H10O2/c14-12-9-5-4-8-11(12)13(15)10-6-2-1-3-7-10/h1-9,14H/p-1. The Morgan fingerprint density at radius 1 is 0.867 bits per heavy atom. The van der Waals surface area contributed by atoms with Crippen molar-refractivity contribution in [1.82, 2.24) is 0 Å². The number of hydrogen-bond acceptors (Lipinski definition) is 2. The summed E-state index contributed by atoms with van der Waals surface area (Å²) < 4.78 is 0. The van der Waals surface area contributed by atoms with E-state index >= 15 is 0 Å². The molecule has 0 atom stereocenters. The van der Waals surface area contributed by atoms with Gasteiger partial charge in [0, 0.05) is 11.1 Å². The SMILES string of the molecule is O=C(c1ccccc1)c1ccccc1[O-]. The normalized spacial score (nSPS) is 9.87. The van der Waals surface area contributed by atoms with Gasteiger partial charge in [0.2, 0.25) is 0 Å². The molecule has 0 aromatic heterocycles. The second-order valence-electron chi connectivity index (χ2n) is 3.19. The lowest BCUT2D eigenvalue weighted by Crippen LogP contribution is -2.05. The Bertz CT molecular complexity index is 475. The van der Waals surface area contributed by atoms with Gasteiger partial charge in [-0.05, 0) is 0 Å². The first-order valence-electron chi connectivity index (χ1n) is 4.65. The summed E-state index contributed by atoms with van der Waals surface area (Å²) >= 11 is 0. The van der Waals surface area contributed by atoms with E-state index in [9.17, 15) is 9.90 Å². The maximum atomic E-state index is 11.9. The second-order valence-corrected chi connectivity index (χ2v) is 3.19. The third kappa shape index (κ3) is 1.89. The molecule has 0 aliphatic carbocycles. The minimum atomic E-state index is -0.230. The average molecular weight is 197 g/mol. The molecule has 0 aliphatic heterocycles. The number of rotatable bonds is 2. The number of hydrogen-bond donors (Lipinski definition) is 0. The molecule has 0 unspecified atom stereocenters. The molecule has 0 saturated heterocycles. The van der Waals surface area contributed by atoms with Crippen molar-refractivity contribution >= 4 is 5.78 Å². The molecule has 74 valence electrons. The molecule has 2 aromatic carbocycles. The largest absolute Gasteiger partial charge is 0.872 e. The van der Waals surface area contributed by atoms with Gasteiger partial charge in [0.15, 0.2) is 5.78 Å². The van der Waals surface area contributed by atoms with Gasteiger partial charge >= 0.3 is 0 Å². The first-order chi connectivity index (χ1) is 7.29. The number of benzene rings is 2. The number of carbonyl (C=O) groups excluding carboxylic acids is 1. The van der Waals surface area contributed by atoms with Crippen LogP contribution >= 0.6 is 0 Å². The van der Waals surface area contributed by atoms with Gasteiger partial charge in [-0.3, -0.25) is 4.79 Å². The van der Waals surface area contributed by atoms with Crippen molar-refractivity contribution in [3.05, 3.63) is 65.7 Å². The van der Waals surface area contributed by atoms with Crippen molar-refractivity contribution < 1.29 is 9.90 Å². The molecule has 0 amide bonds. The summed E-state index contributed by atoms with van der Waals surface area (Å²) in [7, 11) is 0. The van der Waals surface area contributed by atoms with Crippen molar-refractivity contribution in [3.63, 3.8) is 0 Å². The van der Waals surface area contributed by atoms with E-state index in [1.165, 1.54) is 6.07 Å². The Hall–Kier alpha value is -2.09. The Balaban J connectivity index is 2.42. The van der Waals surface area contributed by atoms with Gasteiger partial charge in [0.05, 0.1) is 0 Å². The smallest absolute Gasteiger partial charge is 0.192 e. The van der Waals surface area contributed by atoms with E-state index in [2.05, 4.69) is 0 Å². The summed E-state index contributed by atoms with van der Waals surface area (Å²) in [5.41, 5.74) is 0.768. The quantitative estimate of drug-likeness (QED) is 0.691. The molecule has 0 radical (unpaired) electrons. The van der Waals surface area contributed by atoms with Crippen molar-refractivity contribution in [2.75, 3.05) is 0 Å². The molecule has 0 bridgehead atoms. The number of para-hydroxylation sites is 1. The maximum absolute atomic E-state index is 11.9. The molecule has 15 heavy (non-hydrogen) atoms. The highest BCUT2D eigenvalue weighted by Crippen LogP contribution is 2.16. The highest BCUT2D eigenvalue weighted by atomic mass is 16.3. The fourth-order valence-electron chi connectivity index (χ4n) is 1.40. The average Bonchev–Trinajstić information content (AvgIpc) is 2.30. The molecule has 2 aromatic rings. The molecular weight excluding hydrogens is 188 g/mol. The molecule has 2 nitrogen and oxygen atoms in total. The van der Waals surface area contributed by atoms with Crippen LogP contribution in [0, 0.1) is 0 Å². The Morgan fingerprint density at radius 2 is 1.47 bits per heavy atom. The fraction of sp³-hybridized carbons (Fsp3) is 0. The monoisotopic (exact) mass is 197 g/mol. The number of ketones is 1. The molecular formula is C13H9O2-.